The fraction of sp³-hybridized carbons (Fsp3) is 0.346. The summed E-state index contributed by atoms with van der Waals surface area (Å²) in [6, 6.07) is 12.4. The third-order valence-corrected chi connectivity index (χ3v) is 6.20. The van der Waals surface area contributed by atoms with Gasteiger partial charge in [-0.1, -0.05) is 49.6 Å². The van der Waals surface area contributed by atoms with Crippen LogP contribution in [0.1, 0.15) is 75.2 Å². The molecule has 1 fully saturated rings. The number of carbonyl (C=O) groups excluding carboxylic acids is 3. The van der Waals surface area contributed by atoms with E-state index in [1.165, 1.54) is 7.11 Å². The molecule has 0 unspecified atom stereocenters. The molecular weight excluding hydrogens is 390 g/mol. The average molecular weight is 418 g/mol. The number of hydrogen-bond acceptors (Lipinski definition) is 4. The molecule has 1 saturated carbocycles. The molecule has 0 aromatic heterocycles. The lowest BCUT2D eigenvalue weighted by atomic mass is 9.83. The number of rotatable bonds is 4. The lowest BCUT2D eigenvalue weighted by Crippen LogP contribution is -2.35. The summed E-state index contributed by atoms with van der Waals surface area (Å²) in [7, 11) is 1.32. The van der Waals surface area contributed by atoms with Crippen molar-refractivity contribution in [3.05, 3.63) is 70.8 Å². The molecule has 1 aliphatic heterocycles. The highest BCUT2D eigenvalue weighted by Crippen LogP contribution is 2.33. The van der Waals surface area contributed by atoms with Crippen molar-refractivity contribution in [1.29, 1.82) is 0 Å². The smallest absolute Gasteiger partial charge is 0.337 e. The van der Waals surface area contributed by atoms with Gasteiger partial charge in [-0.15, -0.1) is 0 Å². The van der Waals surface area contributed by atoms with Crippen molar-refractivity contribution in [2.24, 2.45) is 5.92 Å². The largest absolute Gasteiger partial charge is 0.465 e. The number of hydrogen-bond donors (Lipinski definition) is 0. The number of ether oxygens (including phenoxy) is 1. The molecule has 2 aromatic rings. The van der Waals surface area contributed by atoms with Gasteiger partial charge in [0.2, 0.25) is 0 Å². The summed E-state index contributed by atoms with van der Waals surface area (Å²) < 4.78 is 4.88. The van der Waals surface area contributed by atoms with Gasteiger partial charge in [0, 0.05) is 23.6 Å². The first-order valence-electron chi connectivity index (χ1n) is 10.9. The molecule has 0 bridgehead atoms. The molecule has 2 aromatic carbocycles. The lowest BCUT2D eigenvalue weighted by Gasteiger charge is -2.28. The standard InChI is InChI=1S/C26H27NO4/c1-31-26(30)20-14-15-22(24(28)19-11-3-2-4-12-19)23(17-20)27-16-8-7-10-18-9-5-6-13-21(18)25(27)29/h5-7,9-10,13-15,17,19H,2-4,8,11-12,16H2,1H3/b10-7-. The first-order chi connectivity index (χ1) is 15.1. The number of nitrogens with zero attached hydrogens (tertiary/aromatic N) is 1. The van der Waals surface area contributed by atoms with Gasteiger partial charge < -0.3 is 9.64 Å². The highest BCUT2D eigenvalue weighted by molar-refractivity contribution is 6.13. The van der Waals surface area contributed by atoms with Gasteiger partial charge in [-0.3, -0.25) is 9.59 Å². The Morgan fingerprint density at radius 1 is 1.03 bits per heavy atom. The molecule has 0 radical (unpaired) electrons. The van der Waals surface area contributed by atoms with E-state index in [0.29, 0.717) is 35.3 Å². The minimum absolute atomic E-state index is 0.0338. The highest BCUT2D eigenvalue weighted by Gasteiger charge is 2.29. The molecule has 1 aliphatic carbocycles. The number of carbonyl (C=O) groups is 3. The second-order valence-corrected chi connectivity index (χ2v) is 8.16. The molecule has 0 atom stereocenters. The van der Waals surface area contributed by atoms with Crippen LogP contribution in [0.4, 0.5) is 5.69 Å². The normalized spacial score (nSPS) is 18.0. The van der Waals surface area contributed by atoms with Gasteiger partial charge in [-0.05, 0) is 49.1 Å². The number of benzene rings is 2. The third-order valence-electron chi connectivity index (χ3n) is 6.20. The van der Waals surface area contributed by atoms with Crippen LogP contribution < -0.4 is 4.90 Å². The minimum atomic E-state index is -0.488. The van der Waals surface area contributed by atoms with Crippen molar-refractivity contribution < 1.29 is 19.1 Å². The van der Waals surface area contributed by atoms with Crippen LogP contribution in [0.5, 0.6) is 0 Å². The second-order valence-electron chi connectivity index (χ2n) is 8.16. The van der Waals surface area contributed by atoms with Gasteiger partial charge in [0.05, 0.1) is 18.4 Å². The number of amides is 1. The van der Waals surface area contributed by atoms with Crippen LogP contribution in [-0.4, -0.2) is 31.3 Å². The zero-order chi connectivity index (χ0) is 21.8. The van der Waals surface area contributed by atoms with Crippen LogP contribution in [0.15, 0.2) is 48.5 Å². The summed E-state index contributed by atoms with van der Waals surface area (Å²) in [5.74, 6) is -0.629. The SMILES string of the molecule is COC(=O)c1ccc(C(=O)C2CCCCC2)c(N2CC/C=C\c3ccccc3C2=O)c1. The lowest BCUT2D eigenvalue weighted by molar-refractivity contribution is 0.0600. The molecule has 31 heavy (non-hydrogen) atoms. The first-order valence-corrected chi connectivity index (χ1v) is 10.9. The fourth-order valence-corrected chi connectivity index (χ4v) is 4.52. The second kappa shape index (κ2) is 9.29. The summed E-state index contributed by atoms with van der Waals surface area (Å²) >= 11 is 0. The Hall–Kier alpha value is -3.21. The van der Waals surface area contributed by atoms with E-state index in [9.17, 15) is 14.4 Å². The predicted molar refractivity (Wildman–Crippen MR) is 120 cm³/mol. The Labute approximate surface area is 182 Å². The number of esters is 1. The number of fused-ring (bicyclic) bond motifs is 1. The van der Waals surface area contributed by atoms with Crippen molar-refractivity contribution in [2.75, 3.05) is 18.6 Å². The molecule has 1 heterocycles. The number of methoxy groups -OCH3 is 1. The van der Waals surface area contributed by atoms with E-state index in [-0.39, 0.29) is 17.6 Å². The van der Waals surface area contributed by atoms with Crippen LogP contribution in [-0.2, 0) is 4.74 Å². The van der Waals surface area contributed by atoms with Gasteiger partial charge in [0.25, 0.3) is 5.91 Å². The van der Waals surface area contributed by atoms with E-state index < -0.39 is 5.97 Å². The van der Waals surface area contributed by atoms with Crippen LogP contribution in [0.3, 0.4) is 0 Å². The van der Waals surface area contributed by atoms with Gasteiger partial charge in [-0.2, -0.15) is 0 Å². The van der Waals surface area contributed by atoms with E-state index >= 15 is 0 Å². The van der Waals surface area contributed by atoms with E-state index in [2.05, 4.69) is 0 Å². The summed E-state index contributed by atoms with van der Waals surface area (Å²) in [4.78, 5) is 40.9. The molecule has 0 saturated heterocycles. The Morgan fingerprint density at radius 2 is 1.81 bits per heavy atom. The van der Waals surface area contributed by atoms with E-state index in [0.717, 1.165) is 37.7 Å². The van der Waals surface area contributed by atoms with Gasteiger partial charge in [0.1, 0.15) is 0 Å². The van der Waals surface area contributed by atoms with Crippen molar-refractivity contribution in [3.63, 3.8) is 0 Å². The molecule has 4 rings (SSSR count). The summed E-state index contributed by atoms with van der Waals surface area (Å²) in [5.41, 5.74) is 2.76. The Bertz CT molecular complexity index is 1030. The summed E-state index contributed by atoms with van der Waals surface area (Å²) in [5, 5.41) is 0. The average Bonchev–Trinajstić information content (AvgIpc) is 2.82. The first kappa shape index (κ1) is 21.0. The Balaban J connectivity index is 1.80. The van der Waals surface area contributed by atoms with E-state index in [1.54, 1.807) is 29.2 Å². The van der Waals surface area contributed by atoms with Crippen LogP contribution in [0, 0.1) is 5.92 Å². The zero-order valence-corrected chi connectivity index (χ0v) is 17.8. The van der Waals surface area contributed by atoms with Crippen LogP contribution in [0.2, 0.25) is 0 Å². The van der Waals surface area contributed by atoms with Gasteiger partial charge >= 0.3 is 5.97 Å². The van der Waals surface area contributed by atoms with Crippen LogP contribution >= 0.6 is 0 Å². The topological polar surface area (TPSA) is 63.7 Å². The molecule has 5 nitrogen and oxygen atoms in total. The summed E-state index contributed by atoms with van der Waals surface area (Å²) in [6.45, 7) is 0.430. The maximum Gasteiger partial charge on any atom is 0.337 e. The number of anilines is 1. The molecule has 0 spiro atoms. The number of Topliss-reactive ketones (excluding diaryl/α,β-unsaturated/α-hetero) is 1. The van der Waals surface area contributed by atoms with Gasteiger partial charge in [-0.25, -0.2) is 4.79 Å². The monoisotopic (exact) mass is 417 g/mol. The summed E-state index contributed by atoms with van der Waals surface area (Å²) in [6.07, 6.45) is 9.65. The van der Waals surface area contributed by atoms with Crippen LogP contribution in [0.25, 0.3) is 6.08 Å². The predicted octanol–water partition coefficient (Wildman–Crippen LogP) is 5.30. The van der Waals surface area contributed by atoms with E-state index in [4.69, 9.17) is 4.74 Å². The van der Waals surface area contributed by atoms with Gasteiger partial charge in [0.15, 0.2) is 5.78 Å². The Kier molecular flexibility index (Phi) is 6.31. The fourth-order valence-electron chi connectivity index (χ4n) is 4.52. The zero-order valence-electron chi connectivity index (χ0n) is 17.8. The quantitative estimate of drug-likeness (QED) is 0.500. The molecule has 5 heteroatoms. The van der Waals surface area contributed by atoms with Crippen molar-refractivity contribution in [3.8, 4) is 0 Å². The molecule has 0 N–H and O–H groups in total. The van der Waals surface area contributed by atoms with Crippen molar-refractivity contribution >= 4 is 29.4 Å². The third kappa shape index (κ3) is 4.31. The maximum absolute atomic E-state index is 13.6. The van der Waals surface area contributed by atoms with Crippen molar-refractivity contribution in [2.45, 2.75) is 38.5 Å². The molecule has 2 aliphatic rings. The highest BCUT2D eigenvalue weighted by atomic mass is 16.5. The molecule has 1 amide bonds. The Morgan fingerprint density at radius 3 is 2.58 bits per heavy atom. The minimum Gasteiger partial charge on any atom is -0.465 e. The van der Waals surface area contributed by atoms with Crippen molar-refractivity contribution in [1.82, 2.24) is 0 Å². The molecule has 160 valence electrons. The maximum atomic E-state index is 13.6. The van der Waals surface area contributed by atoms with E-state index in [1.807, 2.05) is 30.4 Å². The number of ketones is 1. The molecular formula is C26H27NO4.